The molecule has 1 aromatic carbocycles. The number of thioether (sulfide) groups is 1. The predicted molar refractivity (Wildman–Crippen MR) is 148 cm³/mol. The third-order valence-electron chi connectivity index (χ3n) is 6.94. The normalized spacial score (nSPS) is 23.5. The minimum atomic E-state index is -4.60. The van der Waals surface area contributed by atoms with E-state index in [0.717, 1.165) is 18.5 Å². The molecular formula is C27H36F3N5O5S. The van der Waals surface area contributed by atoms with Crippen molar-refractivity contribution in [3.05, 3.63) is 24.3 Å². The van der Waals surface area contributed by atoms with Gasteiger partial charge in [0.25, 0.3) is 0 Å². The number of amides is 3. The fraction of sp³-hybridized carbons (Fsp3) is 0.630. The number of nitriles is 1. The molecule has 14 heteroatoms. The van der Waals surface area contributed by atoms with Crippen molar-refractivity contribution >= 4 is 40.9 Å². The Bertz CT molecular complexity index is 1100. The van der Waals surface area contributed by atoms with Crippen molar-refractivity contribution < 1.29 is 37.0 Å². The molecule has 2 aliphatic rings. The fourth-order valence-electron chi connectivity index (χ4n) is 5.06. The maximum atomic E-state index is 13.6. The van der Waals surface area contributed by atoms with E-state index >= 15 is 0 Å². The number of nitrogens with one attached hydrogen (secondary N) is 3. The SMILES string of the molecule is CCN1C(=O)C2CC(Nc3cccc(NC(=O)COCCOC)c3)CCCC2SC1C(C#N)C(=O)NCC(F)(F)F. The van der Waals surface area contributed by atoms with Crippen LogP contribution in [-0.2, 0) is 23.9 Å². The van der Waals surface area contributed by atoms with E-state index in [9.17, 15) is 32.8 Å². The summed E-state index contributed by atoms with van der Waals surface area (Å²) in [4.78, 5) is 39.7. The van der Waals surface area contributed by atoms with Crippen LogP contribution in [0.1, 0.15) is 32.6 Å². The quantitative estimate of drug-likeness (QED) is 0.312. The van der Waals surface area contributed by atoms with E-state index < -0.39 is 29.9 Å². The molecule has 226 valence electrons. The van der Waals surface area contributed by atoms with Gasteiger partial charge in [-0.25, -0.2) is 0 Å². The number of anilines is 2. The van der Waals surface area contributed by atoms with Crippen molar-refractivity contribution in [2.24, 2.45) is 11.8 Å². The Morgan fingerprint density at radius 2 is 2.00 bits per heavy atom. The van der Waals surface area contributed by atoms with Crippen LogP contribution in [0.25, 0.3) is 0 Å². The number of carbonyl (C=O) groups is 3. The van der Waals surface area contributed by atoms with E-state index in [0.29, 0.717) is 31.7 Å². The van der Waals surface area contributed by atoms with E-state index in [2.05, 4.69) is 10.6 Å². The van der Waals surface area contributed by atoms with Crippen molar-refractivity contribution in [3.8, 4) is 6.07 Å². The summed E-state index contributed by atoms with van der Waals surface area (Å²) < 4.78 is 48.0. The van der Waals surface area contributed by atoms with E-state index in [1.54, 1.807) is 37.5 Å². The topological polar surface area (TPSA) is 133 Å². The monoisotopic (exact) mass is 599 g/mol. The lowest BCUT2D eigenvalue weighted by Gasteiger charge is -2.44. The highest BCUT2D eigenvalue weighted by atomic mass is 32.2. The smallest absolute Gasteiger partial charge is 0.382 e. The molecule has 0 bridgehead atoms. The molecule has 0 aromatic heterocycles. The Kier molecular flexibility index (Phi) is 12.1. The molecule has 3 N–H and O–H groups in total. The fourth-order valence-corrected chi connectivity index (χ4v) is 6.88. The van der Waals surface area contributed by atoms with Gasteiger partial charge in [0, 0.05) is 36.3 Å². The van der Waals surface area contributed by atoms with Crippen LogP contribution < -0.4 is 16.0 Å². The number of methoxy groups -OCH3 is 1. The second-order valence-electron chi connectivity index (χ2n) is 9.92. The predicted octanol–water partition coefficient (Wildman–Crippen LogP) is 3.37. The molecule has 5 atom stereocenters. The molecule has 0 radical (unpaired) electrons. The van der Waals surface area contributed by atoms with Crippen molar-refractivity contribution in [3.63, 3.8) is 0 Å². The van der Waals surface area contributed by atoms with Gasteiger partial charge in [-0.05, 0) is 44.4 Å². The first kappa shape index (κ1) is 32.5. The summed E-state index contributed by atoms with van der Waals surface area (Å²) in [5.41, 5.74) is 1.37. The highest BCUT2D eigenvalue weighted by molar-refractivity contribution is 8.00. The van der Waals surface area contributed by atoms with Crippen molar-refractivity contribution in [2.45, 2.75) is 55.4 Å². The van der Waals surface area contributed by atoms with Crippen LogP contribution >= 0.6 is 11.8 Å². The molecule has 3 rings (SSSR count). The van der Waals surface area contributed by atoms with Gasteiger partial charge in [-0.2, -0.15) is 18.4 Å². The van der Waals surface area contributed by atoms with E-state index in [1.807, 2.05) is 12.1 Å². The largest absolute Gasteiger partial charge is 0.405 e. The number of hydrogen-bond donors (Lipinski definition) is 3. The molecule has 1 aliphatic heterocycles. The van der Waals surface area contributed by atoms with Crippen molar-refractivity contribution in [2.75, 3.05) is 50.7 Å². The number of halogens is 3. The van der Waals surface area contributed by atoms with Crippen LogP contribution in [0, 0.1) is 23.2 Å². The number of fused-ring (bicyclic) bond motifs is 1. The Balaban J connectivity index is 1.64. The molecule has 1 aliphatic carbocycles. The molecule has 5 unspecified atom stereocenters. The molecule has 1 aromatic rings. The molecule has 10 nitrogen and oxygen atoms in total. The van der Waals surface area contributed by atoms with Crippen LogP contribution in [0.2, 0.25) is 0 Å². The Morgan fingerprint density at radius 1 is 1.24 bits per heavy atom. The first-order chi connectivity index (χ1) is 19.6. The number of hydrogen-bond acceptors (Lipinski definition) is 8. The zero-order valence-electron chi connectivity index (χ0n) is 23.0. The summed E-state index contributed by atoms with van der Waals surface area (Å²) in [5, 5.41) is 16.7. The Morgan fingerprint density at radius 3 is 2.68 bits per heavy atom. The molecule has 41 heavy (non-hydrogen) atoms. The molecule has 1 heterocycles. The van der Waals surface area contributed by atoms with Gasteiger partial charge in [0.15, 0.2) is 5.92 Å². The van der Waals surface area contributed by atoms with Gasteiger partial charge in [-0.15, -0.1) is 11.8 Å². The van der Waals surface area contributed by atoms with Crippen molar-refractivity contribution in [1.29, 1.82) is 5.26 Å². The van der Waals surface area contributed by atoms with Gasteiger partial charge in [0.05, 0.1) is 25.2 Å². The molecule has 1 saturated heterocycles. The van der Waals surface area contributed by atoms with E-state index in [4.69, 9.17) is 9.47 Å². The average Bonchev–Trinajstić information content (AvgIpc) is 3.12. The Hall–Kier alpha value is -3.02. The second-order valence-corrected chi connectivity index (χ2v) is 11.3. The first-order valence-electron chi connectivity index (χ1n) is 13.5. The molecule has 0 spiro atoms. The number of benzene rings is 1. The van der Waals surface area contributed by atoms with E-state index in [-0.39, 0.29) is 42.2 Å². The van der Waals surface area contributed by atoms with Crippen LogP contribution in [0.15, 0.2) is 24.3 Å². The number of rotatable bonds is 12. The second kappa shape index (κ2) is 15.3. The zero-order valence-corrected chi connectivity index (χ0v) is 23.9. The van der Waals surface area contributed by atoms with E-state index in [1.165, 1.54) is 16.7 Å². The summed E-state index contributed by atoms with van der Waals surface area (Å²) >= 11 is 1.33. The maximum absolute atomic E-state index is 13.6. The van der Waals surface area contributed by atoms with Crippen LogP contribution in [0.5, 0.6) is 0 Å². The van der Waals surface area contributed by atoms with Crippen LogP contribution in [0.4, 0.5) is 24.5 Å². The summed E-state index contributed by atoms with van der Waals surface area (Å²) in [6.45, 7) is 1.02. The van der Waals surface area contributed by atoms with Gasteiger partial charge in [0.2, 0.25) is 17.7 Å². The molecule has 2 fully saturated rings. The molecule has 3 amide bonds. The number of carbonyl (C=O) groups excluding carboxylic acids is 3. The van der Waals surface area contributed by atoms with Crippen LogP contribution in [0.3, 0.4) is 0 Å². The lowest BCUT2D eigenvalue weighted by molar-refractivity contribution is -0.143. The maximum Gasteiger partial charge on any atom is 0.405 e. The minimum Gasteiger partial charge on any atom is -0.382 e. The average molecular weight is 600 g/mol. The van der Waals surface area contributed by atoms with Crippen molar-refractivity contribution in [1.82, 2.24) is 10.2 Å². The number of nitrogens with zero attached hydrogens (tertiary/aromatic N) is 2. The van der Waals surface area contributed by atoms with Gasteiger partial charge in [-0.1, -0.05) is 12.5 Å². The summed E-state index contributed by atoms with van der Waals surface area (Å²) in [5.74, 6) is -3.33. The van der Waals surface area contributed by atoms with Gasteiger partial charge < -0.3 is 30.3 Å². The van der Waals surface area contributed by atoms with Gasteiger partial charge >= 0.3 is 6.18 Å². The highest BCUT2D eigenvalue weighted by Crippen LogP contribution is 2.44. The number of alkyl halides is 3. The third-order valence-corrected chi connectivity index (χ3v) is 8.66. The lowest BCUT2D eigenvalue weighted by atomic mass is 9.94. The first-order valence-corrected chi connectivity index (χ1v) is 14.4. The summed E-state index contributed by atoms with van der Waals surface area (Å²) in [6, 6.07) is 9.03. The summed E-state index contributed by atoms with van der Waals surface area (Å²) in [7, 11) is 1.55. The third kappa shape index (κ3) is 9.51. The molecule has 1 saturated carbocycles. The van der Waals surface area contributed by atoms with Crippen LogP contribution in [-0.4, -0.2) is 85.5 Å². The number of ether oxygens (including phenoxy) is 2. The summed E-state index contributed by atoms with van der Waals surface area (Å²) in [6.07, 6.45) is -1.86. The lowest BCUT2D eigenvalue weighted by Crippen LogP contribution is -2.55. The standard InChI is InChI=1S/C27H36F3N5O5S/c1-3-35-25(38)20-13-19(33-17-6-4-7-18(12-17)34-23(36)15-40-11-10-39-2)8-5-9-22(20)41-26(35)21(14-31)24(37)32-16-27(28,29)30/h4,6-7,12,19-22,26,33H,3,5,8-11,13,15-16H2,1-2H3,(H,32,37)(H,34,36). The molecular weight excluding hydrogens is 563 g/mol. The zero-order chi connectivity index (χ0) is 30.0. The van der Waals surface area contributed by atoms with Gasteiger partial charge in [0.1, 0.15) is 18.5 Å². The highest BCUT2D eigenvalue weighted by Gasteiger charge is 2.48. The minimum absolute atomic E-state index is 0.0463. The van der Waals surface area contributed by atoms with Gasteiger partial charge in [-0.3, -0.25) is 14.4 Å². The Labute approximate surface area is 241 Å².